The van der Waals surface area contributed by atoms with Crippen molar-refractivity contribution in [3.8, 4) is 0 Å². The average Bonchev–Trinajstić information content (AvgIpc) is 2.84. The highest BCUT2D eigenvalue weighted by atomic mass is 79.9. The first-order valence-electron chi connectivity index (χ1n) is 7.35. The standard InChI is InChI=1S/C17H21Br2NS/c1-2-6-20-11-14(9-17-10-16(19)12-21-17)7-13-4-3-5-15(18)8-13/h3-5,8,10,12,14,20H,2,6-7,9,11H2,1H3. The Hall–Kier alpha value is -0.160. The maximum Gasteiger partial charge on any atom is 0.0285 e. The maximum absolute atomic E-state index is 3.58. The van der Waals surface area contributed by atoms with Gasteiger partial charge in [-0.05, 0) is 78.0 Å². The third-order valence-corrected chi connectivity index (χ3v) is 5.60. The average molecular weight is 431 g/mol. The van der Waals surface area contributed by atoms with Crippen molar-refractivity contribution in [2.75, 3.05) is 13.1 Å². The van der Waals surface area contributed by atoms with E-state index in [9.17, 15) is 0 Å². The van der Waals surface area contributed by atoms with Crippen LogP contribution in [0.1, 0.15) is 23.8 Å². The Balaban J connectivity index is 2.00. The molecule has 0 amide bonds. The quantitative estimate of drug-likeness (QED) is 0.531. The molecule has 1 N–H and O–H groups in total. The van der Waals surface area contributed by atoms with Gasteiger partial charge >= 0.3 is 0 Å². The van der Waals surface area contributed by atoms with Crippen LogP contribution in [0, 0.1) is 5.92 Å². The van der Waals surface area contributed by atoms with Crippen LogP contribution in [0.2, 0.25) is 0 Å². The lowest BCUT2D eigenvalue weighted by molar-refractivity contribution is 0.473. The minimum Gasteiger partial charge on any atom is -0.316 e. The van der Waals surface area contributed by atoms with Crippen molar-refractivity contribution in [2.45, 2.75) is 26.2 Å². The number of hydrogen-bond acceptors (Lipinski definition) is 2. The molecule has 114 valence electrons. The first-order chi connectivity index (χ1) is 10.2. The molecule has 1 aromatic heterocycles. The van der Waals surface area contributed by atoms with Gasteiger partial charge in [0.25, 0.3) is 0 Å². The summed E-state index contributed by atoms with van der Waals surface area (Å²) in [5.41, 5.74) is 1.41. The Morgan fingerprint density at radius 1 is 1.14 bits per heavy atom. The molecule has 1 atom stereocenters. The molecule has 2 rings (SSSR count). The zero-order valence-electron chi connectivity index (χ0n) is 12.2. The van der Waals surface area contributed by atoms with Crippen molar-refractivity contribution in [1.82, 2.24) is 5.32 Å². The lowest BCUT2D eigenvalue weighted by atomic mass is 9.95. The Bertz CT molecular complexity index is 553. The van der Waals surface area contributed by atoms with E-state index in [1.165, 1.54) is 25.8 Å². The molecule has 1 aromatic carbocycles. The fourth-order valence-corrected chi connectivity index (χ4v) is 4.46. The zero-order valence-corrected chi connectivity index (χ0v) is 16.2. The van der Waals surface area contributed by atoms with Gasteiger partial charge < -0.3 is 5.32 Å². The van der Waals surface area contributed by atoms with Crippen molar-refractivity contribution in [3.63, 3.8) is 0 Å². The van der Waals surface area contributed by atoms with Crippen molar-refractivity contribution in [1.29, 1.82) is 0 Å². The highest BCUT2D eigenvalue weighted by Gasteiger charge is 2.12. The summed E-state index contributed by atoms with van der Waals surface area (Å²) in [7, 11) is 0. The van der Waals surface area contributed by atoms with Crippen LogP contribution in [0.25, 0.3) is 0 Å². The molecular formula is C17H21Br2NS. The van der Waals surface area contributed by atoms with Crippen LogP contribution in [0.15, 0.2) is 44.7 Å². The van der Waals surface area contributed by atoms with Crippen LogP contribution in [-0.2, 0) is 12.8 Å². The van der Waals surface area contributed by atoms with Crippen molar-refractivity contribution in [2.24, 2.45) is 5.92 Å². The number of nitrogens with one attached hydrogen (secondary N) is 1. The molecule has 21 heavy (non-hydrogen) atoms. The lowest BCUT2D eigenvalue weighted by Gasteiger charge is -2.17. The van der Waals surface area contributed by atoms with Gasteiger partial charge in [-0.15, -0.1) is 11.3 Å². The normalized spacial score (nSPS) is 12.5. The molecular weight excluding hydrogens is 410 g/mol. The lowest BCUT2D eigenvalue weighted by Crippen LogP contribution is -2.26. The van der Waals surface area contributed by atoms with Gasteiger partial charge in [-0.3, -0.25) is 0 Å². The van der Waals surface area contributed by atoms with Gasteiger partial charge in [0, 0.05) is 19.2 Å². The van der Waals surface area contributed by atoms with Crippen LogP contribution >= 0.6 is 43.2 Å². The summed E-state index contributed by atoms with van der Waals surface area (Å²) in [5, 5.41) is 5.75. The minimum absolute atomic E-state index is 0.636. The first kappa shape index (κ1) is 17.2. The second kappa shape index (κ2) is 9.09. The molecule has 1 heterocycles. The van der Waals surface area contributed by atoms with Crippen molar-refractivity contribution < 1.29 is 0 Å². The third-order valence-electron chi connectivity index (χ3n) is 3.38. The summed E-state index contributed by atoms with van der Waals surface area (Å²) in [6.45, 7) is 4.39. The van der Waals surface area contributed by atoms with Crippen molar-refractivity contribution >= 4 is 43.2 Å². The second-order valence-corrected chi connectivity index (χ2v) is 8.17. The molecule has 0 aliphatic heterocycles. The van der Waals surface area contributed by atoms with Gasteiger partial charge in [0.2, 0.25) is 0 Å². The summed E-state index contributed by atoms with van der Waals surface area (Å²) >= 11 is 8.96. The molecule has 4 heteroatoms. The summed E-state index contributed by atoms with van der Waals surface area (Å²) in [6, 6.07) is 10.9. The summed E-state index contributed by atoms with van der Waals surface area (Å²) in [5.74, 6) is 0.636. The van der Waals surface area contributed by atoms with E-state index >= 15 is 0 Å². The Labute approximate surface area is 148 Å². The SMILES string of the molecule is CCCNCC(Cc1cccc(Br)c1)Cc1cc(Br)cs1. The van der Waals surface area contributed by atoms with E-state index in [0.717, 1.165) is 25.9 Å². The summed E-state index contributed by atoms with van der Waals surface area (Å²) in [6.07, 6.45) is 3.44. The largest absolute Gasteiger partial charge is 0.316 e. The number of benzene rings is 1. The van der Waals surface area contributed by atoms with Crippen LogP contribution in [-0.4, -0.2) is 13.1 Å². The number of halogens is 2. The summed E-state index contributed by atoms with van der Waals surface area (Å²) < 4.78 is 2.37. The van der Waals surface area contributed by atoms with Crippen LogP contribution in [0.4, 0.5) is 0 Å². The fraction of sp³-hybridized carbons (Fsp3) is 0.412. The zero-order chi connectivity index (χ0) is 15.1. The Morgan fingerprint density at radius 3 is 2.67 bits per heavy atom. The Kier molecular flexibility index (Phi) is 7.44. The van der Waals surface area contributed by atoms with Crippen molar-refractivity contribution in [3.05, 3.63) is 55.1 Å². The van der Waals surface area contributed by atoms with E-state index in [-0.39, 0.29) is 0 Å². The molecule has 0 spiro atoms. The van der Waals surface area contributed by atoms with E-state index < -0.39 is 0 Å². The van der Waals surface area contributed by atoms with E-state index in [1.807, 2.05) is 11.3 Å². The smallest absolute Gasteiger partial charge is 0.0285 e. The number of hydrogen-bond donors (Lipinski definition) is 1. The first-order valence-corrected chi connectivity index (χ1v) is 9.82. The molecule has 0 saturated heterocycles. The van der Waals surface area contributed by atoms with Gasteiger partial charge in [0.1, 0.15) is 0 Å². The van der Waals surface area contributed by atoms with E-state index in [0.29, 0.717) is 5.92 Å². The molecule has 0 bridgehead atoms. The topological polar surface area (TPSA) is 12.0 Å². The van der Waals surface area contributed by atoms with Gasteiger partial charge in [0.05, 0.1) is 0 Å². The molecule has 2 aromatic rings. The van der Waals surface area contributed by atoms with Crippen LogP contribution in [0.5, 0.6) is 0 Å². The molecule has 1 nitrogen and oxygen atoms in total. The second-order valence-electron chi connectivity index (χ2n) is 5.34. The van der Waals surface area contributed by atoms with Gasteiger partial charge in [-0.2, -0.15) is 0 Å². The molecule has 0 aliphatic rings. The van der Waals surface area contributed by atoms with Crippen LogP contribution in [0.3, 0.4) is 0 Å². The van der Waals surface area contributed by atoms with Crippen LogP contribution < -0.4 is 5.32 Å². The fourth-order valence-electron chi connectivity index (χ4n) is 2.44. The number of rotatable bonds is 8. The highest BCUT2D eigenvalue weighted by Crippen LogP contribution is 2.24. The molecule has 0 fully saturated rings. The predicted molar refractivity (Wildman–Crippen MR) is 100 cm³/mol. The van der Waals surface area contributed by atoms with E-state index in [2.05, 4.69) is 79.8 Å². The highest BCUT2D eigenvalue weighted by molar-refractivity contribution is 9.10. The summed E-state index contributed by atoms with van der Waals surface area (Å²) in [4.78, 5) is 1.46. The molecule has 0 aliphatic carbocycles. The number of thiophene rings is 1. The molecule has 1 unspecified atom stereocenters. The monoisotopic (exact) mass is 429 g/mol. The van der Waals surface area contributed by atoms with Gasteiger partial charge in [-0.1, -0.05) is 35.0 Å². The van der Waals surface area contributed by atoms with Gasteiger partial charge in [0.15, 0.2) is 0 Å². The van der Waals surface area contributed by atoms with E-state index in [1.54, 1.807) is 0 Å². The minimum atomic E-state index is 0.636. The molecule has 0 saturated carbocycles. The Morgan fingerprint density at radius 2 is 2.00 bits per heavy atom. The maximum atomic E-state index is 3.58. The predicted octanol–water partition coefficient (Wildman–Crippen LogP) is 5.67. The van der Waals surface area contributed by atoms with Gasteiger partial charge in [-0.25, -0.2) is 0 Å². The van der Waals surface area contributed by atoms with E-state index in [4.69, 9.17) is 0 Å². The molecule has 0 radical (unpaired) electrons. The third kappa shape index (κ3) is 6.23.